The van der Waals surface area contributed by atoms with Crippen molar-refractivity contribution in [1.82, 2.24) is 10.2 Å². The molecule has 1 aromatic rings. The molecule has 0 amide bonds. The van der Waals surface area contributed by atoms with Gasteiger partial charge in [-0.2, -0.15) is 0 Å². The lowest BCUT2D eigenvalue weighted by Crippen LogP contribution is -2.49. The van der Waals surface area contributed by atoms with Crippen LogP contribution >= 0.6 is 0 Å². The number of fused-ring (bicyclic) bond motifs is 1. The summed E-state index contributed by atoms with van der Waals surface area (Å²) < 4.78 is 5.54. The van der Waals surface area contributed by atoms with Gasteiger partial charge in [0, 0.05) is 32.1 Å². The second-order valence-electron chi connectivity index (χ2n) is 5.16. The Balaban J connectivity index is 1.68. The molecule has 2 heterocycles. The third kappa shape index (κ3) is 2.45. The minimum atomic E-state index is 0.592. The van der Waals surface area contributed by atoms with E-state index in [1.54, 1.807) is 0 Å². The van der Waals surface area contributed by atoms with E-state index < -0.39 is 0 Å². The highest BCUT2D eigenvalue weighted by atomic mass is 16.5. The number of ether oxygens (including phenoxy) is 1. The summed E-state index contributed by atoms with van der Waals surface area (Å²) in [6, 6.07) is 7.25. The lowest BCUT2D eigenvalue weighted by molar-refractivity contribution is 0.238. The van der Waals surface area contributed by atoms with Gasteiger partial charge in [0.05, 0.1) is 6.61 Å². The van der Waals surface area contributed by atoms with Crippen LogP contribution in [0.3, 0.4) is 0 Å². The molecule has 3 nitrogen and oxygen atoms in total. The van der Waals surface area contributed by atoms with Crippen LogP contribution < -0.4 is 10.1 Å². The lowest BCUT2D eigenvalue weighted by Gasteiger charge is -2.31. The molecule has 0 aliphatic carbocycles. The van der Waals surface area contributed by atoms with E-state index in [9.17, 15) is 0 Å². The highest BCUT2D eigenvalue weighted by Crippen LogP contribution is 2.26. The number of nitrogens with zero attached hydrogens (tertiary/aromatic N) is 1. The molecule has 0 bridgehead atoms. The van der Waals surface area contributed by atoms with E-state index >= 15 is 0 Å². The van der Waals surface area contributed by atoms with E-state index in [0.717, 1.165) is 44.8 Å². The number of piperazine rings is 1. The van der Waals surface area contributed by atoms with Crippen LogP contribution in [0.2, 0.25) is 0 Å². The molecule has 1 aromatic carbocycles. The zero-order valence-electron chi connectivity index (χ0n) is 10.4. The topological polar surface area (TPSA) is 24.5 Å². The molecule has 0 radical (unpaired) electrons. The van der Waals surface area contributed by atoms with E-state index in [1.807, 2.05) is 0 Å². The van der Waals surface area contributed by atoms with E-state index in [0.29, 0.717) is 6.04 Å². The predicted octanol–water partition coefficient (Wildman–Crippen LogP) is 1.07. The molecule has 0 saturated carbocycles. The minimum absolute atomic E-state index is 0.592. The summed E-state index contributed by atoms with van der Waals surface area (Å²) in [7, 11) is 2.20. The number of likely N-dealkylation sites (N-methyl/N-ethyl adjacent to an activating group) is 1. The third-order valence-corrected chi connectivity index (χ3v) is 3.69. The Labute approximate surface area is 103 Å². The molecule has 2 aliphatic heterocycles. The van der Waals surface area contributed by atoms with Crippen molar-refractivity contribution in [3.63, 3.8) is 0 Å². The van der Waals surface area contributed by atoms with Crippen LogP contribution in [0, 0.1) is 0 Å². The SMILES string of the molecule is CN1CCNC(Cc2ccc3c(c2)CCO3)C1. The van der Waals surface area contributed by atoms with Gasteiger partial charge >= 0.3 is 0 Å². The van der Waals surface area contributed by atoms with Crippen molar-refractivity contribution in [2.24, 2.45) is 0 Å². The Kier molecular flexibility index (Phi) is 3.04. The molecule has 17 heavy (non-hydrogen) atoms. The zero-order valence-corrected chi connectivity index (χ0v) is 10.4. The summed E-state index contributed by atoms with van der Waals surface area (Å²) in [6.07, 6.45) is 2.19. The van der Waals surface area contributed by atoms with Crippen LogP contribution in [0.15, 0.2) is 18.2 Å². The standard InChI is InChI=1S/C14H20N2O/c1-16-6-5-15-13(10-16)9-11-2-3-14-12(8-11)4-7-17-14/h2-3,8,13,15H,4-7,9-10H2,1H3. The first-order valence-electron chi connectivity index (χ1n) is 6.48. The fraction of sp³-hybridized carbons (Fsp3) is 0.571. The van der Waals surface area contributed by atoms with Crippen molar-refractivity contribution in [3.05, 3.63) is 29.3 Å². The van der Waals surface area contributed by atoms with Gasteiger partial charge in [-0.3, -0.25) is 0 Å². The number of hydrogen-bond acceptors (Lipinski definition) is 3. The first-order valence-corrected chi connectivity index (χ1v) is 6.48. The average molecular weight is 232 g/mol. The van der Waals surface area contributed by atoms with Gasteiger partial charge in [-0.25, -0.2) is 0 Å². The molecule has 0 aromatic heterocycles. The van der Waals surface area contributed by atoms with Crippen molar-refractivity contribution in [1.29, 1.82) is 0 Å². The fourth-order valence-electron chi connectivity index (χ4n) is 2.78. The molecule has 1 unspecified atom stereocenters. The van der Waals surface area contributed by atoms with Crippen LogP contribution in [0.4, 0.5) is 0 Å². The fourth-order valence-corrected chi connectivity index (χ4v) is 2.78. The van der Waals surface area contributed by atoms with E-state index in [4.69, 9.17) is 4.74 Å². The first kappa shape index (κ1) is 11.1. The van der Waals surface area contributed by atoms with Gasteiger partial charge in [0.15, 0.2) is 0 Å². The maximum Gasteiger partial charge on any atom is 0.122 e. The maximum absolute atomic E-state index is 5.54. The molecule has 3 heteroatoms. The molecular formula is C14H20N2O. The number of benzene rings is 1. The Hall–Kier alpha value is -1.06. The molecule has 1 saturated heterocycles. The van der Waals surface area contributed by atoms with Crippen molar-refractivity contribution in [2.75, 3.05) is 33.3 Å². The van der Waals surface area contributed by atoms with Gasteiger partial charge in [0.1, 0.15) is 5.75 Å². The van der Waals surface area contributed by atoms with Gasteiger partial charge in [-0.1, -0.05) is 12.1 Å². The maximum atomic E-state index is 5.54. The smallest absolute Gasteiger partial charge is 0.122 e. The summed E-state index contributed by atoms with van der Waals surface area (Å²) in [5.74, 6) is 1.09. The van der Waals surface area contributed by atoms with Crippen molar-refractivity contribution in [2.45, 2.75) is 18.9 Å². The monoisotopic (exact) mass is 232 g/mol. The quantitative estimate of drug-likeness (QED) is 0.825. The second-order valence-corrected chi connectivity index (χ2v) is 5.16. The highest BCUT2D eigenvalue weighted by Gasteiger charge is 2.18. The van der Waals surface area contributed by atoms with Gasteiger partial charge < -0.3 is 15.0 Å². The summed E-state index contributed by atoms with van der Waals surface area (Å²) in [5, 5.41) is 3.59. The molecule has 3 rings (SSSR count). The average Bonchev–Trinajstić information content (AvgIpc) is 2.76. The van der Waals surface area contributed by atoms with Crippen LogP contribution in [0.5, 0.6) is 5.75 Å². The van der Waals surface area contributed by atoms with Gasteiger partial charge in [-0.05, 0) is 30.7 Å². The molecule has 0 spiro atoms. The number of hydrogen-bond donors (Lipinski definition) is 1. The highest BCUT2D eigenvalue weighted by molar-refractivity contribution is 5.40. The zero-order chi connectivity index (χ0) is 11.7. The van der Waals surface area contributed by atoms with E-state index in [2.05, 4.69) is 35.5 Å². The summed E-state index contributed by atoms with van der Waals surface area (Å²) >= 11 is 0. The number of rotatable bonds is 2. The normalized spacial score (nSPS) is 24.4. The van der Waals surface area contributed by atoms with Crippen LogP contribution in [-0.4, -0.2) is 44.2 Å². The summed E-state index contributed by atoms with van der Waals surface area (Å²) in [5.41, 5.74) is 2.81. The molecule has 1 N–H and O–H groups in total. The Morgan fingerprint density at radius 1 is 1.47 bits per heavy atom. The summed E-state index contributed by atoms with van der Waals surface area (Å²) in [4.78, 5) is 2.40. The summed E-state index contributed by atoms with van der Waals surface area (Å²) in [6.45, 7) is 4.26. The van der Waals surface area contributed by atoms with Crippen LogP contribution in [-0.2, 0) is 12.8 Å². The predicted molar refractivity (Wildman–Crippen MR) is 68.6 cm³/mol. The van der Waals surface area contributed by atoms with Crippen LogP contribution in [0.25, 0.3) is 0 Å². The Morgan fingerprint density at radius 3 is 3.29 bits per heavy atom. The Bertz CT molecular complexity index is 405. The largest absolute Gasteiger partial charge is 0.493 e. The lowest BCUT2D eigenvalue weighted by atomic mass is 10.0. The molecule has 1 fully saturated rings. The molecule has 92 valence electrons. The van der Waals surface area contributed by atoms with Gasteiger partial charge in [-0.15, -0.1) is 0 Å². The first-order chi connectivity index (χ1) is 8.31. The molecule has 2 aliphatic rings. The third-order valence-electron chi connectivity index (χ3n) is 3.69. The second kappa shape index (κ2) is 4.67. The van der Waals surface area contributed by atoms with Gasteiger partial charge in [0.25, 0.3) is 0 Å². The van der Waals surface area contributed by atoms with Crippen molar-refractivity contribution >= 4 is 0 Å². The Morgan fingerprint density at radius 2 is 2.41 bits per heavy atom. The minimum Gasteiger partial charge on any atom is -0.493 e. The van der Waals surface area contributed by atoms with Crippen LogP contribution in [0.1, 0.15) is 11.1 Å². The van der Waals surface area contributed by atoms with Gasteiger partial charge in [0.2, 0.25) is 0 Å². The van der Waals surface area contributed by atoms with E-state index in [1.165, 1.54) is 11.1 Å². The van der Waals surface area contributed by atoms with Crippen molar-refractivity contribution < 1.29 is 4.74 Å². The van der Waals surface area contributed by atoms with Crippen molar-refractivity contribution in [3.8, 4) is 5.75 Å². The number of nitrogens with one attached hydrogen (secondary N) is 1. The molecule has 1 atom stereocenters. The molecular weight excluding hydrogens is 212 g/mol. The van der Waals surface area contributed by atoms with E-state index in [-0.39, 0.29) is 0 Å².